The zero-order chi connectivity index (χ0) is 24.0. The number of nitrogens with zero attached hydrogens (tertiary/aromatic N) is 2. The van der Waals surface area contributed by atoms with Crippen LogP contribution in [0.1, 0.15) is 11.4 Å². The molecule has 2 aliphatic heterocycles. The van der Waals surface area contributed by atoms with Gasteiger partial charge in [-0.2, -0.15) is 39.4 Å². The van der Waals surface area contributed by atoms with Gasteiger partial charge in [-0.15, -0.1) is 0 Å². The number of hydrogen-bond donors (Lipinski definition) is 2. The monoisotopic (exact) mass is 485 g/mol. The Bertz CT molecular complexity index is 950. The average Bonchev–Trinajstić information content (AvgIpc) is 2.50. The fourth-order valence-electron chi connectivity index (χ4n) is 2.85. The topological polar surface area (TPSA) is 99.6 Å². The van der Waals surface area contributed by atoms with E-state index in [9.17, 15) is 43.5 Å². The minimum atomic E-state index is -5.80. The number of nitrogens with one attached hydrogen (secondary N) is 1. The van der Waals surface area contributed by atoms with Crippen molar-refractivity contribution >= 4 is 16.0 Å². The van der Waals surface area contributed by atoms with E-state index in [2.05, 4.69) is 10.3 Å². The van der Waals surface area contributed by atoms with Crippen molar-refractivity contribution < 1.29 is 53.4 Å². The summed E-state index contributed by atoms with van der Waals surface area (Å²) >= 11 is 0. The average molecular weight is 485 g/mol. The van der Waals surface area contributed by atoms with E-state index in [0.29, 0.717) is 32.2 Å². The van der Waals surface area contributed by atoms with Crippen LogP contribution in [0.25, 0.3) is 0 Å². The van der Waals surface area contributed by atoms with E-state index < -0.39 is 40.0 Å². The van der Waals surface area contributed by atoms with Gasteiger partial charge in [-0.05, 0) is 19.1 Å². The summed E-state index contributed by atoms with van der Waals surface area (Å²) in [6.07, 6.45) is -10.9. The second-order valence-electron chi connectivity index (χ2n) is 7.03. The van der Waals surface area contributed by atoms with E-state index >= 15 is 0 Å². The predicted molar refractivity (Wildman–Crippen MR) is 86.7 cm³/mol. The Hall–Kier alpha value is -2.07. The van der Waals surface area contributed by atoms with Crippen LogP contribution in [0.5, 0.6) is 0 Å². The standard InChI is InChI=1S/C13H14F5N3O2S.C2HF3O2/c1-8-9(2-3-10(20-8)12(14,15)13(16,17)18)24(22,23)21-6-11(7-21)4-19-5-11;3-2(4,5)1(6)7/h2-3,19H,4-7H2,1H3;(H,6,7). The Balaban J connectivity index is 0.000000423. The number of carbonyl (C=O) groups is 1. The van der Waals surface area contributed by atoms with Gasteiger partial charge in [0, 0.05) is 31.6 Å². The number of halogens is 8. The van der Waals surface area contributed by atoms with Crippen molar-refractivity contribution in [2.24, 2.45) is 5.41 Å². The lowest BCUT2D eigenvalue weighted by atomic mass is 9.76. The first kappa shape index (κ1) is 25.2. The molecule has 1 aromatic rings. The van der Waals surface area contributed by atoms with Gasteiger partial charge in [0.05, 0.1) is 5.69 Å². The molecule has 0 saturated carbocycles. The number of carboxylic acids is 1. The molecule has 2 fully saturated rings. The lowest BCUT2D eigenvalue weighted by Gasteiger charge is -2.55. The highest BCUT2D eigenvalue weighted by molar-refractivity contribution is 7.89. The number of pyridine rings is 1. The molecule has 0 bridgehead atoms. The maximum atomic E-state index is 13.3. The van der Waals surface area contributed by atoms with Gasteiger partial charge in [-0.1, -0.05) is 0 Å². The molecule has 1 aromatic heterocycles. The summed E-state index contributed by atoms with van der Waals surface area (Å²) in [5.74, 6) is -7.90. The number of rotatable bonds is 3. The van der Waals surface area contributed by atoms with Crippen LogP contribution in [0.2, 0.25) is 0 Å². The molecule has 16 heteroatoms. The number of alkyl halides is 8. The minimum Gasteiger partial charge on any atom is -0.475 e. The summed E-state index contributed by atoms with van der Waals surface area (Å²) in [6.45, 7) is 3.09. The minimum absolute atomic E-state index is 0.0857. The lowest BCUT2D eigenvalue weighted by Crippen LogP contribution is -2.71. The van der Waals surface area contributed by atoms with E-state index in [1.807, 2.05) is 0 Å². The van der Waals surface area contributed by atoms with Crippen molar-refractivity contribution in [1.29, 1.82) is 0 Å². The predicted octanol–water partition coefficient (Wildman–Crippen LogP) is 2.27. The largest absolute Gasteiger partial charge is 0.490 e. The molecule has 0 unspecified atom stereocenters. The molecule has 2 saturated heterocycles. The molecule has 31 heavy (non-hydrogen) atoms. The third-order valence-electron chi connectivity index (χ3n) is 4.60. The van der Waals surface area contributed by atoms with Gasteiger partial charge in [0.2, 0.25) is 10.0 Å². The van der Waals surface area contributed by atoms with Crippen LogP contribution in [0.15, 0.2) is 17.0 Å². The second kappa shape index (κ2) is 7.81. The van der Waals surface area contributed by atoms with Crippen LogP contribution in [-0.4, -0.2) is 67.3 Å². The van der Waals surface area contributed by atoms with E-state index in [4.69, 9.17) is 9.90 Å². The van der Waals surface area contributed by atoms with Crippen molar-refractivity contribution in [3.8, 4) is 0 Å². The Kier molecular flexibility index (Phi) is 6.35. The van der Waals surface area contributed by atoms with E-state index in [-0.39, 0.29) is 16.0 Å². The highest BCUT2D eigenvalue weighted by Gasteiger charge is 2.60. The molecule has 0 aliphatic carbocycles. The summed E-state index contributed by atoms with van der Waals surface area (Å²) in [7, 11) is -3.96. The summed E-state index contributed by atoms with van der Waals surface area (Å²) in [5, 5.41) is 10.2. The third-order valence-corrected chi connectivity index (χ3v) is 6.52. The number of sulfonamides is 1. The van der Waals surface area contributed by atoms with Crippen LogP contribution in [0.3, 0.4) is 0 Å². The molecule has 2 aliphatic rings. The van der Waals surface area contributed by atoms with Crippen molar-refractivity contribution in [1.82, 2.24) is 14.6 Å². The Morgan fingerprint density at radius 1 is 1.10 bits per heavy atom. The van der Waals surface area contributed by atoms with E-state index in [1.165, 1.54) is 4.31 Å². The van der Waals surface area contributed by atoms with Gasteiger partial charge in [-0.25, -0.2) is 13.2 Å². The van der Waals surface area contributed by atoms with Gasteiger partial charge in [0.25, 0.3) is 0 Å². The number of aliphatic carboxylic acids is 1. The number of carboxylic acid groups (broad SMARTS) is 1. The highest BCUT2D eigenvalue weighted by atomic mass is 32.2. The highest BCUT2D eigenvalue weighted by Crippen LogP contribution is 2.44. The van der Waals surface area contributed by atoms with Gasteiger partial charge in [0.1, 0.15) is 10.6 Å². The van der Waals surface area contributed by atoms with E-state index in [1.54, 1.807) is 0 Å². The van der Waals surface area contributed by atoms with Crippen molar-refractivity contribution in [3.05, 3.63) is 23.5 Å². The fraction of sp³-hybridized carbons (Fsp3) is 0.600. The first-order chi connectivity index (χ1) is 13.8. The van der Waals surface area contributed by atoms with Crippen molar-refractivity contribution in [3.63, 3.8) is 0 Å². The maximum Gasteiger partial charge on any atom is 0.490 e. The molecule has 3 heterocycles. The molecular weight excluding hydrogens is 470 g/mol. The molecule has 176 valence electrons. The molecule has 0 aromatic carbocycles. The van der Waals surface area contributed by atoms with Gasteiger partial charge in [-0.3, -0.25) is 4.98 Å². The van der Waals surface area contributed by atoms with Crippen molar-refractivity contribution in [2.75, 3.05) is 26.2 Å². The smallest absolute Gasteiger partial charge is 0.475 e. The molecule has 1 spiro atoms. The number of aromatic nitrogens is 1. The Morgan fingerprint density at radius 3 is 1.90 bits per heavy atom. The van der Waals surface area contributed by atoms with Crippen LogP contribution in [0, 0.1) is 12.3 Å². The summed E-state index contributed by atoms with van der Waals surface area (Å²) in [4.78, 5) is 11.7. The van der Waals surface area contributed by atoms with E-state index in [0.717, 1.165) is 13.0 Å². The molecule has 0 radical (unpaired) electrons. The summed E-state index contributed by atoms with van der Waals surface area (Å²) in [5.41, 5.74) is -1.99. The molecule has 0 amide bonds. The van der Waals surface area contributed by atoms with Gasteiger partial charge in [0.15, 0.2) is 0 Å². The Morgan fingerprint density at radius 2 is 1.58 bits per heavy atom. The molecule has 3 rings (SSSR count). The number of aryl methyl sites for hydroxylation is 1. The molecule has 7 nitrogen and oxygen atoms in total. The fourth-order valence-corrected chi connectivity index (χ4v) is 4.68. The molecular formula is C15H15F8N3O4S. The molecule has 0 atom stereocenters. The SMILES string of the molecule is Cc1nc(C(F)(F)C(F)(F)F)ccc1S(=O)(=O)N1CC2(CNC2)C1.O=C(O)C(F)(F)F. The zero-order valence-corrected chi connectivity index (χ0v) is 16.3. The zero-order valence-electron chi connectivity index (χ0n) is 15.5. The summed E-state index contributed by atoms with van der Waals surface area (Å²) in [6, 6.07) is 1.17. The van der Waals surface area contributed by atoms with Crippen LogP contribution < -0.4 is 5.32 Å². The maximum absolute atomic E-state index is 13.3. The van der Waals surface area contributed by atoms with Crippen LogP contribution in [0.4, 0.5) is 35.1 Å². The third kappa shape index (κ3) is 4.90. The van der Waals surface area contributed by atoms with Crippen molar-refractivity contribution in [2.45, 2.75) is 30.1 Å². The summed E-state index contributed by atoms with van der Waals surface area (Å²) < 4.78 is 122. The van der Waals surface area contributed by atoms with Crippen LogP contribution in [-0.2, 0) is 20.7 Å². The second-order valence-corrected chi connectivity index (χ2v) is 8.94. The first-order valence-corrected chi connectivity index (χ1v) is 9.71. The quantitative estimate of drug-likeness (QED) is 0.638. The van der Waals surface area contributed by atoms with Gasteiger partial charge >= 0.3 is 24.2 Å². The lowest BCUT2D eigenvalue weighted by molar-refractivity contribution is -0.291. The van der Waals surface area contributed by atoms with Gasteiger partial charge < -0.3 is 10.4 Å². The molecule has 2 N–H and O–H groups in total. The number of hydrogen-bond acceptors (Lipinski definition) is 5. The van der Waals surface area contributed by atoms with Crippen LogP contribution >= 0.6 is 0 Å². The normalized spacial score (nSPS) is 19.1. The Labute approximate surface area is 170 Å². The first-order valence-electron chi connectivity index (χ1n) is 8.27.